The Kier molecular flexibility index (Phi) is 3.18. The second-order valence-corrected chi connectivity index (χ2v) is 4.85. The smallest absolute Gasteiger partial charge is 0.229 e. The molecule has 1 aromatic carbocycles. The molecule has 2 aromatic rings. The predicted octanol–water partition coefficient (Wildman–Crippen LogP) is 3.10. The third-order valence-corrected chi connectivity index (χ3v) is 3.38. The number of carbonyl (C=O) groups excluding carboxylic acids is 1. The molecule has 0 radical (unpaired) electrons. The number of nitrogens with zero attached hydrogens (tertiary/aromatic N) is 1. The minimum absolute atomic E-state index is 0.0474. The molecule has 2 unspecified atom stereocenters. The number of amides is 1. The van der Waals surface area contributed by atoms with E-state index in [1.54, 1.807) is 6.07 Å². The van der Waals surface area contributed by atoms with E-state index in [1.807, 2.05) is 6.07 Å². The highest BCUT2D eigenvalue weighted by atomic mass is 19.1. The van der Waals surface area contributed by atoms with Crippen molar-refractivity contribution >= 4 is 11.7 Å². The maximum Gasteiger partial charge on any atom is 0.229 e. The number of aromatic nitrogens is 1. The number of benzene rings is 1. The number of anilines is 1. The molecule has 1 fully saturated rings. The molecular formula is C15H12F2N2O. The Morgan fingerprint density at radius 2 is 2.05 bits per heavy atom. The number of nitrogens with one attached hydrogen (secondary N) is 1. The number of rotatable bonds is 3. The molecule has 1 aliphatic carbocycles. The number of pyridine rings is 1. The molecule has 0 saturated heterocycles. The van der Waals surface area contributed by atoms with E-state index in [1.165, 1.54) is 24.3 Å². The summed E-state index contributed by atoms with van der Waals surface area (Å²) in [5, 5.41) is 2.63. The Balaban J connectivity index is 1.64. The van der Waals surface area contributed by atoms with Crippen LogP contribution in [0.1, 0.15) is 17.9 Å². The molecule has 102 valence electrons. The predicted molar refractivity (Wildman–Crippen MR) is 70.1 cm³/mol. The molecule has 1 heterocycles. The van der Waals surface area contributed by atoms with Gasteiger partial charge in [-0.3, -0.25) is 4.79 Å². The van der Waals surface area contributed by atoms with Gasteiger partial charge in [-0.25, -0.2) is 13.8 Å². The first-order chi connectivity index (χ1) is 9.63. The Hall–Kier alpha value is -2.30. The van der Waals surface area contributed by atoms with Gasteiger partial charge in [-0.15, -0.1) is 0 Å². The molecule has 0 aliphatic heterocycles. The molecule has 2 atom stereocenters. The first-order valence-electron chi connectivity index (χ1n) is 6.31. The van der Waals surface area contributed by atoms with Crippen LogP contribution in [0, 0.1) is 17.6 Å². The van der Waals surface area contributed by atoms with Crippen molar-refractivity contribution in [3.63, 3.8) is 0 Å². The zero-order valence-electron chi connectivity index (χ0n) is 10.5. The summed E-state index contributed by atoms with van der Waals surface area (Å²) in [6.45, 7) is 0. The molecular weight excluding hydrogens is 262 g/mol. The second-order valence-electron chi connectivity index (χ2n) is 4.85. The number of halogens is 2. The lowest BCUT2D eigenvalue weighted by atomic mass is 10.1. The number of hydrogen-bond acceptors (Lipinski definition) is 2. The summed E-state index contributed by atoms with van der Waals surface area (Å²) in [5.74, 6) is -0.727. The van der Waals surface area contributed by atoms with Gasteiger partial charge in [0.2, 0.25) is 5.91 Å². The van der Waals surface area contributed by atoms with Crippen LogP contribution in [0.4, 0.5) is 14.6 Å². The number of carbonyl (C=O) groups is 1. The SMILES string of the molecule is O=C(Nc1ccc(F)cn1)C1CC1c1cccc(F)c1. The molecule has 0 spiro atoms. The van der Waals surface area contributed by atoms with Gasteiger partial charge in [0.25, 0.3) is 0 Å². The van der Waals surface area contributed by atoms with Crippen molar-refractivity contribution in [3.05, 3.63) is 59.8 Å². The van der Waals surface area contributed by atoms with Crippen molar-refractivity contribution < 1.29 is 13.6 Å². The molecule has 20 heavy (non-hydrogen) atoms. The van der Waals surface area contributed by atoms with Crippen LogP contribution in [0.5, 0.6) is 0 Å². The van der Waals surface area contributed by atoms with Crippen molar-refractivity contribution in [3.8, 4) is 0 Å². The van der Waals surface area contributed by atoms with Crippen LogP contribution in [-0.4, -0.2) is 10.9 Å². The van der Waals surface area contributed by atoms with E-state index in [0.29, 0.717) is 12.2 Å². The normalized spacial score (nSPS) is 20.5. The van der Waals surface area contributed by atoms with Gasteiger partial charge in [-0.05, 0) is 42.2 Å². The molecule has 1 aliphatic rings. The van der Waals surface area contributed by atoms with Crippen molar-refractivity contribution in [2.24, 2.45) is 5.92 Å². The Bertz CT molecular complexity index is 643. The van der Waals surface area contributed by atoms with Crippen molar-refractivity contribution in [2.45, 2.75) is 12.3 Å². The van der Waals surface area contributed by atoms with E-state index >= 15 is 0 Å². The largest absolute Gasteiger partial charge is 0.310 e. The van der Waals surface area contributed by atoms with Gasteiger partial charge in [-0.1, -0.05) is 12.1 Å². The topological polar surface area (TPSA) is 42.0 Å². The average Bonchev–Trinajstić information content (AvgIpc) is 3.22. The fraction of sp³-hybridized carbons (Fsp3) is 0.200. The highest BCUT2D eigenvalue weighted by Crippen LogP contribution is 2.48. The summed E-state index contributed by atoms with van der Waals surface area (Å²) in [7, 11) is 0. The lowest BCUT2D eigenvalue weighted by molar-refractivity contribution is -0.117. The summed E-state index contributed by atoms with van der Waals surface area (Å²) in [5.41, 5.74) is 0.831. The van der Waals surface area contributed by atoms with Gasteiger partial charge < -0.3 is 5.32 Å². The van der Waals surface area contributed by atoms with E-state index in [2.05, 4.69) is 10.3 Å². The van der Waals surface area contributed by atoms with Gasteiger partial charge in [0.15, 0.2) is 0 Å². The van der Waals surface area contributed by atoms with E-state index in [0.717, 1.165) is 11.8 Å². The Labute approximate surface area is 114 Å². The lowest BCUT2D eigenvalue weighted by Crippen LogP contribution is -2.15. The molecule has 1 amide bonds. The molecule has 1 saturated carbocycles. The van der Waals surface area contributed by atoms with Crippen molar-refractivity contribution in [1.82, 2.24) is 4.98 Å². The molecule has 5 heteroatoms. The summed E-state index contributed by atoms with van der Waals surface area (Å²) in [6, 6.07) is 8.93. The summed E-state index contributed by atoms with van der Waals surface area (Å²) in [4.78, 5) is 15.8. The van der Waals surface area contributed by atoms with E-state index in [9.17, 15) is 13.6 Å². The summed E-state index contributed by atoms with van der Waals surface area (Å²) < 4.78 is 25.8. The standard InChI is InChI=1S/C15H12F2N2O/c16-10-3-1-2-9(6-10)12-7-13(12)15(20)19-14-5-4-11(17)8-18-14/h1-6,8,12-13H,7H2,(H,18,19,20). The Morgan fingerprint density at radius 3 is 2.75 bits per heavy atom. The average molecular weight is 274 g/mol. The molecule has 1 N–H and O–H groups in total. The lowest BCUT2D eigenvalue weighted by Gasteiger charge is -2.04. The molecule has 0 bridgehead atoms. The maximum atomic E-state index is 13.1. The van der Waals surface area contributed by atoms with Gasteiger partial charge in [0.05, 0.1) is 6.20 Å². The first kappa shape index (κ1) is 12.7. The second kappa shape index (κ2) is 5.00. The zero-order chi connectivity index (χ0) is 14.1. The highest BCUT2D eigenvalue weighted by Gasteiger charge is 2.44. The van der Waals surface area contributed by atoms with E-state index in [4.69, 9.17) is 0 Å². The monoisotopic (exact) mass is 274 g/mol. The minimum Gasteiger partial charge on any atom is -0.310 e. The van der Waals surface area contributed by atoms with Crippen molar-refractivity contribution in [2.75, 3.05) is 5.32 Å². The van der Waals surface area contributed by atoms with Crippen LogP contribution in [0.3, 0.4) is 0 Å². The maximum absolute atomic E-state index is 13.1. The van der Waals surface area contributed by atoms with Gasteiger partial charge in [-0.2, -0.15) is 0 Å². The highest BCUT2D eigenvalue weighted by molar-refractivity contribution is 5.94. The first-order valence-corrected chi connectivity index (χ1v) is 6.31. The van der Waals surface area contributed by atoms with E-state index < -0.39 is 5.82 Å². The van der Waals surface area contributed by atoms with Crippen molar-refractivity contribution in [1.29, 1.82) is 0 Å². The molecule has 1 aromatic heterocycles. The quantitative estimate of drug-likeness (QED) is 0.934. The summed E-state index contributed by atoms with van der Waals surface area (Å²) >= 11 is 0. The van der Waals surface area contributed by atoms with Crippen LogP contribution in [0.25, 0.3) is 0 Å². The third-order valence-electron chi connectivity index (χ3n) is 3.38. The van der Waals surface area contributed by atoms with Crippen LogP contribution in [0.2, 0.25) is 0 Å². The van der Waals surface area contributed by atoms with Crippen LogP contribution >= 0.6 is 0 Å². The van der Waals surface area contributed by atoms with Gasteiger partial charge in [0, 0.05) is 5.92 Å². The van der Waals surface area contributed by atoms with Crippen LogP contribution in [0.15, 0.2) is 42.6 Å². The fourth-order valence-corrected chi connectivity index (χ4v) is 2.26. The minimum atomic E-state index is -0.452. The van der Waals surface area contributed by atoms with E-state index in [-0.39, 0.29) is 23.6 Å². The van der Waals surface area contributed by atoms with Crippen LogP contribution in [-0.2, 0) is 4.79 Å². The number of hydrogen-bond donors (Lipinski definition) is 1. The molecule has 3 rings (SSSR count). The fourth-order valence-electron chi connectivity index (χ4n) is 2.26. The van der Waals surface area contributed by atoms with Gasteiger partial charge in [0.1, 0.15) is 17.5 Å². The van der Waals surface area contributed by atoms with Crippen LogP contribution < -0.4 is 5.32 Å². The third kappa shape index (κ3) is 2.66. The zero-order valence-corrected chi connectivity index (χ0v) is 10.5. The summed E-state index contributed by atoms with van der Waals surface area (Å²) in [6.07, 6.45) is 1.74. The Morgan fingerprint density at radius 1 is 1.20 bits per heavy atom. The van der Waals surface area contributed by atoms with Gasteiger partial charge >= 0.3 is 0 Å². The molecule has 3 nitrogen and oxygen atoms in total.